The molecule has 0 saturated heterocycles. The first-order valence-corrected chi connectivity index (χ1v) is 10.1. The van der Waals surface area contributed by atoms with Gasteiger partial charge in [-0.05, 0) is 49.3 Å². The molecule has 29 heavy (non-hydrogen) atoms. The van der Waals surface area contributed by atoms with Gasteiger partial charge in [-0.1, -0.05) is 35.9 Å². The molecule has 2 N–H and O–H groups in total. The predicted molar refractivity (Wildman–Crippen MR) is 115 cm³/mol. The number of carboxylic acid groups (broad SMARTS) is 1. The summed E-state index contributed by atoms with van der Waals surface area (Å²) in [5.41, 5.74) is 0.116. The number of aromatic carboxylic acids is 1. The van der Waals surface area contributed by atoms with E-state index in [1.54, 1.807) is 6.07 Å². The highest BCUT2D eigenvalue weighted by Crippen LogP contribution is 2.36. The first-order chi connectivity index (χ1) is 14.0. The molecule has 4 rings (SSSR count). The second kappa shape index (κ2) is 8.11. The van der Waals surface area contributed by atoms with Crippen molar-refractivity contribution in [2.24, 2.45) is 0 Å². The zero-order chi connectivity index (χ0) is 20.4. The van der Waals surface area contributed by atoms with Crippen LogP contribution in [-0.4, -0.2) is 17.0 Å². The van der Waals surface area contributed by atoms with E-state index in [-0.39, 0.29) is 11.3 Å². The van der Waals surface area contributed by atoms with Crippen LogP contribution < -0.4 is 10.1 Å². The topological polar surface area (TPSA) is 75.6 Å². The average Bonchev–Trinajstić information content (AvgIpc) is 3.07. The summed E-state index contributed by atoms with van der Waals surface area (Å²) in [5, 5.41) is 13.4. The number of allylic oxidation sites excluding steroid dienone is 3. The van der Waals surface area contributed by atoms with E-state index < -0.39 is 11.9 Å². The molecule has 7 heteroatoms. The van der Waals surface area contributed by atoms with Crippen LogP contribution in [0.2, 0.25) is 5.02 Å². The molecule has 0 atom stereocenters. The lowest BCUT2D eigenvalue weighted by molar-refractivity contribution is 0.0697. The van der Waals surface area contributed by atoms with E-state index in [0.29, 0.717) is 21.4 Å². The molecular weight excluding hydrogens is 410 g/mol. The maximum absolute atomic E-state index is 12.8. The molecular formula is C22H16ClNO4S. The van der Waals surface area contributed by atoms with Gasteiger partial charge in [0.05, 0.1) is 16.3 Å². The van der Waals surface area contributed by atoms with Gasteiger partial charge < -0.3 is 15.2 Å². The van der Waals surface area contributed by atoms with Crippen molar-refractivity contribution >= 4 is 50.6 Å². The second-order valence-corrected chi connectivity index (χ2v) is 7.83. The summed E-state index contributed by atoms with van der Waals surface area (Å²) in [5.74, 6) is -0.564. The Morgan fingerprint density at radius 1 is 1.14 bits per heavy atom. The van der Waals surface area contributed by atoms with Crippen molar-refractivity contribution in [2.75, 3.05) is 5.32 Å². The molecule has 0 bridgehead atoms. The highest BCUT2D eigenvalue weighted by molar-refractivity contribution is 7.21. The normalized spacial score (nSPS) is 13.2. The fraction of sp³-hybridized carbons (Fsp3) is 0.0909. The molecule has 0 fully saturated rings. The summed E-state index contributed by atoms with van der Waals surface area (Å²) in [6.07, 6.45) is 7.62. The Labute approximate surface area is 175 Å². The van der Waals surface area contributed by atoms with Crippen LogP contribution in [0.5, 0.6) is 5.75 Å². The number of rotatable bonds is 5. The summed E-state index contributed by atoms with van der Waals surface area (Å²) in [6.45, 7) is 0. The SMILES string of the molecule is O=C(O)c1cc(OC2=CCCC=C2)ccc1NC(=O)c1sc2ccccc2c1Cl. The smallest absolute Gasteiger partial charge is 0.337 e. The Kier molecular flexibility index (Phi) is 5.38. The van der Waals surface area contributed by atoms with Crippen LogP contribution in [0.3, 0.4) is 0 Å². The van der Waals surface area contributed by atoms with Crippen molar-refractivity contribution in [1.82, 2.24) is 0 Å². The van der Waals surface area contributed by atoms with Crippen molar-refractivity contribution in [2.45, 2.75) is 12.8 Å². The standard InChI is InChI=1S/C22H16ClNO4S/c23-19-15-8-4-5-9-18(15)29-20(19)21(25)24-17-11-10-14(12-16(17)22(26)27)28-13-6-2-1-3-7-13/h2,4-12H,1,3H2,(H,24,25)(H,26,27). The molecule has 1 aliphatic carbocycles. The number of benzene rings is 2. The maximum atomic E-state index is 12.8. The minimum atomic E-state index is -1.17. The van der Waals surface area contributed by atoms with Crippen LogP contribution in [-0.2, 0) is 0 Å². The van der Waals surface area contributed by atoms with Crippen LogP contribution in [0.25, 0.3) is 10.1 Å². The zero-order valence-electron chi connectivity index (χ0n) is 15.1. The number of hydrogen-bond acceptors (Lipinski definition) is 4. The van der Waals surface area contributed by atoms with Crippen molar-refractivity contribution < 1.29 is 19.4 Å². The van der Waals surface area contributed by atoms with E-state index in [1.165, 1.54) is 23.5 Å². The third-order valence-electron chi connectivity index (χ3n) is 4.41. The van der Waals surface area contributed by atoms with Crippen LogP contribution >= 0.6 is 22.9 Å². The van der Waals surface area contributed by atoms with Crippen molar-refractivity contribution in [3.63, 3.8) is 0 Å². The molecule has 1 heterocycles. The van der Waals surface area contributed by atoms with Crippen molar-refractivity contribution in [3.05, 3.63) is 81.9 Å². The highest BCUT2D eigenvalue weighted by atomic mass is 35.5. The minimum absolute atomic E-state index is 0.0616. The van der Waals surface area contributed by atoms with Gasteiger partial charge in [0.25, 0.3) is 5.91 Å². The van der Waals surface area contributed by atoms with E-state index in [1.807, 2.05) is 42.5 Å². The molecule has 3 aromatic rings. The fourth-order valence-electron chi connectivity index (χ4n) is 3.01. The molecule has 0 unspecified atom stereocenters. The van der Waals surface area contributed by atoms with Gasteiger partial charge in [-0.15, -0.1) is 11.3 Å². The summed E-state index contributed by atoms with van der Waals surface area (Å²) < 4.78 is 6.62. The number of thiophene rings is 1. The minimum Gasteiger partial charge on any atom is -0.478 e. The molecule has 5 nitrogen and oxygen atoms in total. The number of nitrogens with one attached hydrogen (secondary N) is 1. The number of carbonyl (C=O) groups excluding carboxylic acids is 1. The number of carboxylic acids is 1. The lowest BCUT2D eigenvalue weighted by Gasteiger charge is -2.13. The van der Waals surface area contributed by atoms with Gasteiger partial charge in [0, 0.05) is 10.1 Å². The largest absolute Gasteiger partial charge is 0.478 e. The quantitative estimate of drug-likeness (QED) is 0.516. The van der Waals surface area contributed by atoms with E-state index in [4.69, 9.17) is 16.3 Å². The van der Waals surface area contributed by atoms with Gasteiger partial charge >= 0.3 is 5.97 Å². The zero-order valence-corrected chi connectivity index (χ0v) is 16.7. The van der Waals surface area contributed by atoms with E-state index in [9.17, 15) is 14.7 Å². The predicted octanol–water partition coefficient (Wildman–Crippen LogP) is 6.12. The second-order valence-electron chi connectivity index (χ2n) is 6.40. The van der Waals surface area contributed by atoms with Gasteiger partial charge in [0.2, 0.25) is 0 Å². The molecule has 0 aliphatic heterocycles. The summed E-state index contributed by atoms with van der Waals surface area (Å²) in [4.78, 5) is 24.8. The number of hydrogen-bond donors (Lipinski definition) is 2. The van der Waals surface area contributed by atoms with E-state index >= 15 is 0 Å². The summed E-state index contributed by atoms with van der Waals surface area (Å²) in [7, 11) is 0. The Morgan fingerprint density at radius 2 is 1.97 bits per heavy atom. The summed E-state index contributed by atoms with van der Waals surface area (Å²) in [6, 6.07) is 12.0. The van der Waals surface area contributed by atoms with E-state index in [2.05, 4.69) is 5.32 Å². The molecule has 1 aromatic heterocycles. The Hall–Kier alpha value is -3.09. The monoisotopic (exact) mass is 425 g/mol. The van der Waals surface area contributed by atoms with Crippen molar-refractivity contribution in [3.8, 4) is 5.75 Å². The van der Waals surface area contributed by atoms with Crippen LogP contribution in [0, 0.1) is 0 Å². The number of ether oxygens (including phenoxy) is 1. The molecule has 2 aromatic carbocycles. The Morgan fingerprint density at radius 3 is 2.69 bits per heavy atom. The van der Waals surface area contributed by atoms with Crippen LogP contribution in [0.4, 0.5) is 5.69 Å². The maximum Gasteiger partial charge on any atom is 0.337 e. The van der Waals surface area contributed by atoms with Gasteiger partial charge in [0.1, 0.15) is 16.4 Å². The molecule has 0 radical (unpaired) electrons. The Balaban J connectivity index is 1.61. The molecule has 146 valence electrons. The van der Waals surface area contributed by atoms with Crippen LogP contribution in [0.15, 0.2) is 66.5 Å². The third-order valence-corrected chi connectivity index (χ3v) is 6.08. The highest BCUT2D eigenvalue weighted by Gasteiger charge is 2.20. The third kappa shape index (κ3) is 4.04. The van der Waals surface area contributed by atoms with Gasteiger partial charge in [-0.2, -0.15) is 0 Å². The number of carbonyl (C=O) groups is 2. The number of amides is 1. The first kappa shape index (κ1) is 19.2. The number of halogens is 1. The van der Waals surface area contributed by atoms with Crippen LogP contribution in [0.1, 0.15) is 32.9 Å². The van der Waals surface area contributed by atoms with Gasteiger partial charge in [-0.3, -0.25) is 4.79 Å². The lowest BCUT2D eigenvalue weighted by Crippen LogP contribution is -2.14. The van der Waals surface area contributed by atoms with Gasteiger partial charge in [-0.25, -0.2) is 4.79 Å². The number of fused-ring (bicyclic) bond motifs is 1. The molecule has 0 saturated carbocycles. The van der Waals surface area contributed by atoms with Gasteiger partial charge in [0.15, 0.2) is 0 Å². The first-order valence-electron chi connectivity index (χ1n) is 8.93. The van der Waals surface area contributed by atoms with E-state index in [0.717, 1.165) is 22.9 Å². The lowest BCUT2D eigenvalue weighted by atomic mass is 10.1. The van der Waals surface area contributed by atoms with Crippen molar-refractivity contribution in [1.29, 1.82) is 0 Å². The molecule has 1 aliphatic rings. The molecule has 0 spiro atoms. The molecule has 1 amide bonds. The number of anilines is 1. The fourth-order valence-corrected chi connectivity index (χ4v) is 4.43. The Bertz CT molecular complexity index is 1180. The summed E-state index contributed by atoms with van der Waals surface area (Å²) >= 11 is 7.62. The average molecular weight is 426 g/mol.